The molecule has 0 unspecified atom stereocenters. The summed E-state index contributed by atoms with van der Waals surface area (Å²) >= 11 is 0. The largest absolute Gasteiger partial charge is 2.00 e. The Balaban J connectivity index is -0.000000180. The summed E-state index contributed by atoms with van der Waals surface area (Å²) in [5.74, 6) is -3.33. The molecular formula is C7H11AlBeO5. The summed E-state index contributed by atoms with van der Waals surface area (Å²) in [5.41, 5.74) is -0.289. The maximum absolute atomic E-state index is 10.3. The molecular weight excluding hydrogens is 200 g/mol. The van der Waals surface area contributed by atoms with Gasteiger partial charge in [0.25, 0.3) is 0 Å². The first-order valence-corrected chi connectivity index (χ1v) is 3.00. The summed E-state index contributed by atoms with van der Waals surface area (Å²) < 4.78 is 0. The summed E-state index contributed by atoms with van der Waals surface area (Å²) in [6, 6.07) is 1.69. The van der Waals surface area contributed by atoms with Gasteiger partial charge in [0.05, 0.1) is 5.56 Å². The van der Waals surface area contributed by atoms with E-state index in [0.29, 0.717) is 0 Å². The van der Waals surface area contributed by atoms with E-state index < -0.39 is 23.2 Å². The van der Waals surface area contributed by atoms with Crippen molar-refractivity contribution >= 4 is 33.5 Å². The molecule has 1 rings (SSSR count). The van der Waals surface area contributed by atoms with Crippen molar-refractivity contribution in [2.24, 2.45) is 0 Å². The Hall–Kier alpha value is -1.21. The van der Waals surface area contributed by atoms with E-state index in [9.17, 15) is 4.79 Å². The molecule has 0 aromatic heterocycles. The van der Waals surface area contributed by atoms with Crippen LogP contribution in [0.4, 0.5) is 0 Å². The van der Waals surface area contributed by atoms with Crippen LogP contribution in [-0.4, -0.2) is 53.9 Å². The average molecular weight is 211 g/mol. The van der Waals surface area contributed by atoms with Crippen molar-refractivity contribution in [1.82, 2.24) is 0 Å². The van der Waals surface area contributed by atoms with Crippen LogP contribution in [0.1, 0.15) is 13.2 Å². The van der Waals surface area contributed by atoms with E-state index in [4.69, 9.17) is 20.4 Å². The van der Waals surface area contributed by atoms with Crippen LogP contribution >= 0.6 is 0 Å². The number of hydrogen-bond donors (Lipinski definition) is 4. The Morgan fingerprint density at radius 2 is 1.50 bits per heavy atom. The molecule has 0 aliphatic rings. The van der Waals surface area contributed by atoms with Gasteiger partial charge >= 0.3 is 16.1 Å². The second-order valence-corrected chi connectivity index (χ2v) is 2.17. The van der Waals surface area contributed by atoms with Gasteiger partial charge in [-0.05, 0) is 12.1 Å². The van der Waals surface area contributed by atoms with Gasteiger partial charge in [-0.2, -0.15) is 0 Å². The van der Waals surface area contributed by atoms with Crippen LogP contribution in [0, 0.1) is 0 Å². The predicted octanol–water partition coefficient (Wildman–Crippen LogP) is -0.838. The second-order valence-electron chi connectivity index (χ2n) is 2.17. The van der Waals surface area contributed by atoms with Crippen molar-refractivity contribution in [3.05, 3.63) is 17.7 Å². The van der Waals surface area contributed by atoms with Crippen molar-refractivity contribution in [2.75, 3.05) is 0 Å². The smallest absolute Gasteiger partial charge is 1.00 e. The van der Waals surface area contributed by atoms with Crippen LogP contribution in [0.2, 0.25) is 0 Å². The Morgan fingerprint density at radius 3 is 1.79 bits per heavy atom. The zero-order chi connectivity index (χ0) is 9.30. The number of carboxylic acid groups (broad SMARTS) is 1. The molecule has 0 heterocycles. The zero-order valence-corrected chi connectivity index (χ0v) is 6.56. The Bertz CT molecular complexity index is 327. The fourth-order valence-corrected chi connectivity index (χ4v) is 0.728. The number of aromatic carboxylic acids is 1. The van der Waals surface area contributed by atoms with Gasteiger partial charge in [-0.1, -0.05) is 0 Å². The molecule has 1 aromatic rings. The fourth-order valence-electron chi connectivity index (χ4n) is 0.728. The van der Waals surface area contributed by atoms with Gasteiger partial charge in [0.1, 0.15) is 0 Å². The van der Waals surface area contributed by atoms with Crippen molar-refractivity contribution in [3.63, 3.8) is 0 Å². The molecule has 0 bridgehead atoms. The third kappa shape index (κ3) is 2.93. The normalized spacial score (nSPS) is 8.29. The molecule has 5 nitrogen and oxygen atoms in total. The third-order valence-corrected chi connectivity index (χ3v) is 1.32. The molecule has 0 saturated carbocycles. The van der Waals surface area contributed by atoms with Gasteiger partial charge in [-0.3, -0.25) is 0 Å². The van der Waals surface area contributed by atoms with Crippen LogP contribution in [0.15, 0.2) is 12.1 Å². The first kappa shape index (κ1) is 15.3. The molecule has 14 heavy (non-hydrogen) atoms. The van der Waals surface area contributed by atoms with Crippen LogP contribution in [-0.2, 0) is 0 Å². The number of phenols is 3. The van der Waals surface area contributed by atoms with E-state index in [2.05, 4.69) is 0 Å². The Morgan fingerprint density at radius 1 is 1.14 bits per heavy atom. The maximum Gasteiger partial charge on any atom is 2.00 e. The van der Waals surface area contributed by atoms with Gasteiger partial charge in [0.2, 0.25) is 0 Å². The number of benzene rings is 1. The fraction of sp³-hybridized carbons (Fsp3) is 0. The maximum atomic E-state index is 10.3. The van der Waals surface area contributed by atoms with Gasteiger partial charge in [-0.25, -0.2) is 4.79 Å². The van der Waals surface area contributed by atoms with Gasteiger partial charge < -0.3 is 23.3 Å². The van der Waals surface area contributed by atoms with Crippen molar-refractivity contribution in [3.8, 4) is 17.2 Å². The molecule has 74 valence electrons. The number of phenolic OH excluding ortho intramolecular Hbond substituents is 3. The number of rotatable bonds is 1. The molecule has 1 aromatic carbocycles. The Labute approximate surface area is 96.9 Å². The van der Waals surface area contributed by atoms with Gasteiger partial charge in [0.15, 0.2) is 34.6 Å². The SMILES string of the molecule is O=C(O)c1cc(O)c(O)c(O)c1.[AlH3].[Be+2].[H-].[H-]. The van der Waals surface area contributed by atoms with E-state index in [1.807, 2.05) is 0 Å². The van der Waals surface area contributed by atoms with Crippen LogP contribution in [0.25, 0.3) is 0 Å². The minimum Gasteiger partial charge on any atom is -1.00 e. The molecule has 0 aliphatic heterocycles. The molecule has 0 saturated heterocycles. The molecule has 0 atom stereocenters. The molecule has 0 amide bonds. The summed E-state index contributed by atoms with van der Waals surface area (Å²) in [5, 5.41) is 35.0. The second kappa shape index (κ2) is 5.51. The van der Waals surface area contributed by atoms with E-state index in [1.165, 1.54) is 0 Å². The molecule has 0 radical (unpaired) electrons. The topological polar surface area (TPSA) is 98.0 Å². The van der Waals surface area contributed by atoms with Gasteiger partial charge in [0, 0.05) is 0 Å². The minimum absolute atomic E-state index is 0. The van der Waals surface area contributed by atoms with Crippen molar-refractivity contribution in [2.45, 2.75) is 0 Å². The number of hydrogen-bond acceptors (Lipinski definition) is 4. The summed E-state index contributed by atoms with van der Waals surface area (Å²) in [6.07, 6.45) is 0. The standard InChI is InChI=1S/C7H6O5.Al.Be.5H/c8-4-1-3(7(11)12)2-5(9)6(4)10;;;;;;;/h1-2,8-10H,(H,11,12);;;;;;;/q;;+2;;;;2*-1. The van der Waals surface area contributed by atoms with Crippen molar-refractivity contribution in [1.29, 1.82) is 0 Å². The molecule has 0 spiro atoms. The summed E-state index contributed by atoms with van der Waals surface area (Å²) in [6.45, 7) is 0. The van der Waals surface area contributed by atoms with E-state index in [0.717, 1.165) is 12.1 Å². The molecule has 7 heteroatoms. The quantitative estimate of drug-likeness (QED) is 0.358. The first-order valence-electron chi connectivity index (χ1n) is 3.00. The minimum atomic E-state index is -1.29. The summed E-state index contributed by atoms with van der Waals surface area (Å²) in [7, 11) is 0. The van der Waals surface area contributed by atoms with Crippen molar-refractivity contribution < 1.29 is 28.1 Å². The number of carboxylic acids is 1. The summed E-state index contributed by atoms with van der Waals surface area (Å²) in [4.78, 5) is 10.3. The zero-order valence-electron chi connectivity index (χ0n) is 8.56. The van der Waals surface area contributed by atoms with E-state index in [-0.39, 0.29) is 35.9 Å². The van der Waals surface area contributed by atoms with Crippen LogP contribution in [0.5, 0.6) is 17.2 Å². The van der Waals surface area contributed by atoms with E-state index in [1.54, 1.807) is 0 Å². The number of aromatic hydroxyl groups is 3. The monoisotopic (exact) mass is 211 g/mol. The average Bonchev–Trinajstić information content (AvgIpc) is 1.99. The first-order chi connectivity index (χ1) is 5.52. The van der Waals surface area contributed by atoms with Crippen LogP contribution in [0.3, 0.4) is 0 Å². The van der Waals surface area contributed by atoms with E-state index >= 15 is 0 Å². The molecule has 0 fully saturated rings. The molecule has 4 N–H and O–H groups in total. The Kier molecular flexibility index (Phi) is 6.01. The third-order valence-electron chi connectivity index (χ3n) is 1.32. The molecule has 0 aliphatic carbocycles. The number of carbonyl (C=O) groups is 1. The predicted molar refractivity (Wildman–Crippen MR) is 56.3 cm³/mol. The van der Waals surface area contributed by atoms with Crippen LogP contribution < -0.4 is 0 Å². The van der Waals surface area contributed by atoms with Gasteiger partial charge in [-0.15, -0.1) is 0 Å².